The van der Waals surface area contributed by atoms with E-state index in [1.165, 1.54) is 4.31 Å². The number of anilines is 1. The highest BCUT2D eigenvalue weighted by atomic mass is 32.2. The van der Waals surface area contributed by atoms with Gasteiger partial charge in [0.15, 0.2) is 0 Å². The van der Waals surface area contributed by atoms with Crippen molar-refractivity contribution in [2.75, 3.05) is 44.8 Å². The molecule has 0 aromatic heterocycles. The molecule has 0 saturated carbocycles. The van der Waals surface area contributed by atoms with E-state index in [9.17, 15) is 13.2 Å². The second-order valence-electron chi connectivity index (χ2n) is 6.63. The van der Waals surface area contributed by atoms with Crippen LogP contribution >= 0.6 is 0 Å². The van der Waals surface area contributed by atoms with Crippen LogP contribution in [0.1, 0.15) is 5.56 Å². The summed E-state index contributed by atoms with van der Waals surface area (Å²) >= 11 is 0. The summed E-state index contributed by atoms with van der Waals surface area (Å²) in [5, 5.41) is 2.86. The van der Waals surface area contributed by atoms with Gasteiger partial charge >= 0.3 is 0 Å². The Bertz CT molecular complexity index is 879. The molecule has 0 unspecified atom stereocenters. The lowest BCUT2D eigenvalue weighted by molar-refractivity contribution is -0.119. The second-order valence-corrected chi connectivity index (χ2v) is 8.57. The number of nitrogens with one attached hydrogen (secondary N) is 1. The molecule has 3 rings (SSSR count). The normalized spacial score (nSPS) is 15.2. The molecule has 1 heterocycles. The average molecular weight is 404 g/mol. The molecule has 150 valence electrons. The van der Waals surface area contributed by atoms with Crippen LogP contribution in [0.15, 0.2) is 59.5 Å². The van der Waals surface area contributed by atoms with E-state index in [-0.39, 0.29) is 17.3 Å². The van der Waals surface area contributed by atoms with Crippen molar-refractivity contribution in [2.45, 2.75) is 11.4 Å². The molecule has 0 spiro atoms. The quantitative estimate of drug-likeness (QED) is 0.757. The van der Waals surface area contributed by atoms with Crippen LogP contribution in [0.5, 0.6) is 0 Å². The van der Waals surface area contributed by atoms with E-state index in [1.807, 2.05) is 42.3 Å². The fraction of sp³-hybridized carbons (Fsp3) is 0.350. The Morgan fingerprint density at radius 2 is 1.71 bits per heavy atom. The summed E-state index contributed by atoms with van der Waals surface area (Å²) < 4.78 is 31.9. The van der Waals surface area contributed by atoms with Gasteiger partial charge < -0.3 is 15.0 Å². The molecular weight excluding hydrogens is 378 g/mol. The van der Waals surface area contributed by atoms with Crippen molar-refractivity contribution < 1.29 is 17.9 Å². The number of benzene rings is 2. The molecule has 2 aromatic carbocycles. The highest BCUT2D eigenvalue weighted by molar-refractivity contribution is 7.89. The summed E-state index contributed by atoms with van der Waals surface area (Å²) in [6.45, 7) is 2.17. The smallest absolute Gasteiger partial charge is 0.243 e. The SMILES string of the molecule is CN(CC(=O)NCc1ccc(S(=O)(=O)N2CCOCC2)cc1)c1ccccc1. The van der Waals surface area contributed by atoms with Crippen molar-refractivity contribution in [3.8, 4) is 0 Å². The van der Waals surface area contributed by atoms with Gasteiger partial charge in [-0.3, -0.25) is 4.79 Å². The number of nitrogens with zero attached hydrogens (tertiary/aromatic N) is 2. The number of carbonyl (C=O) groups excluding carboxylic acids is 1. The summed E-state index contributed by atoms with van der Waals surface area (Å²) in [5.74, 6) is -0.101. The zero-order chi connectivity index (χ0) is 20.0. The molecule has 1 aliphatic heterocycles. The van der Waals surface area contributed by atoms with Crippen molar-refractivity contribution in [1.82, 2.24) is 9.62 Å². The lowest BCUT2D eigenvalue weighted by atomic mass is 10.2. The molecule has 1 amide bonds. The molecule has 0 bridgehead atoms. The van der Waals surface area contributed by atoms with Gasteiger partial charge in [0.05, 0.1) is 24.7 Å². The Kier molecular flexibility index (Phi) is 6.66. The first-order valence-electron chi connectivity index (χ1n) is 9.16. The van der Waals surface area contributed by atoms with E-state index in [0.29, 0.717) is 32.8 Å². The van der Waals surface area contributed by atoms with Crippen LogP contribution in [-0.2, 0) is 26.1 Å². The highest BCUT2D eigenvalue weighted by Gasteiger charge is 2.26. The first-order chi connectivity index (χ1) is 13.5. The molecule has 28 heavy (non-hydrogen) atoms. The topological polar surface area (TPSA) is 79.0 Å². The zero-order valence-corrected chi connectivity index (χ0v) is 16.7. The van der Waals surface area contributed by atoms with Gasteiger partial charge in [-0.25, -0.2) is 8.42 Å². The number of rotatable bonds is 7. The molecule has 1 saturated heterocycles. The van der Waals surface area contributed by atoms with Crippen LogP contribution in [0.25, 0.3) is 0 Å². The van der Waals surface area contributed by atoms with E-state index in [1.54, 1.807) is 24.3 Å². The van der Waals surface area contributed by atoms with E-state index in [0.717, 1.165) is 11.3 Å². The second kappa shape index (κ2) is 9.18. The van der Waals surface area contributed by atoms with E-state index in [4.69, 9.17) is 4.74 Å². The van der Waals surface area contributed by atoms with Crippen LogP contribution in [0.3, 0.4) is 0 Å². The molecular formula is C20H25N3O4S. The molecule has 0 atom stereocenters. The van der Waals surface area contributed by atoms with Crippen LogP contribution in [-0.4, -0.2) is 58.5 Å². The van der Waals surface area contributed by atoms with Gasteiger partial charge in [0.25, 0.3) is 0 Å². The molecule has 0 radical (unpaired) electrons. The largest absolute Gasteiger partial charge is 0.379 e. The molecule has 2 aromatic rings. The minimum Gasteiger partial charge on any atom is -0.379 e. The number of carbonyl (C=O) groups is 1. The maximum Gasteiger partial charge on any atom is 0.243 e. The number of morpholine rings is 1. The van der Waals surface area contributed by atoms with E-state index >= 15 is 0 Å². The molecule has 8 heteroatoms. The third-order valence-corrected chi connectivity index (χ3v) is 6.51. The Hall–Kier alpha value is -2.42. The maximum absolute atomic E-state index is 12.6. The lowest BCUT2D eigenvalue weighted by Gasteiger charge is -2.26. The molecule has 0 aliphatic carbocycles. The Morgan fingerprint density at radius 1 is 1.07 bits per heavy atom. The number of hydrogen-bond donors (Lipinski definition) is 1. The summed E-state index contributed by atoms with van der Waals surface area (Å²) in [6, 6.07) is 16.3. The number of amides is 1. The molecule has 1 N–H and O–H groups in total. The van der Waals surface area contributed by atoms with Crippen molar-refractivity contribution in [2.24, 2.45) is 0 Å². The fourth-order valence-electron chi connectivity index (χ4n) is 2.96. The third kappa shape index (κ3) is 5.09. The van der Waals surface area contributed by atoms with Crippen molar-refractivity contribution in [3.05, 3.63) is 60.2 Å². The number of ether oxygens (including phenoxy) is 1. The van der Waals surface area contributed by atoms with Gasteiger partial charge in [0.1, 0.15) is 0 Å². The van der Waals surface area contributed by atoms with Crippen molar-refractivity contribution in [1.29, 1.82) is 0 Å². The van der Waals surface area contributed by atoms with Gasteiger partial charge in [-0.2, -0.15) is 4.31 Å². The minimum absolute atomic E-state index is 0.101. The summed E-state index contributed by atoms with van der Waals surface area (Å²) in [5.41, 5.74) is 1.81. The van der Waals surface area contributed by atoms with Crippen molar-refractivity contribution >= 4 is 21.6 Å². The Labute approximate surface area is 166 Å². The number of likely N-dealkylation sites (N-methyl/N-ethyl adjacent to an activating group) is 1. The van der Waals surface area contributed by atoms with Gasteiger partial charge in [-0.05, 0) is 29.8 Å². The molecule has 7 nitrogen and oxygen atoms in total. The van der Waals surface area contributed by atoms with Gasteiger partial charge in [-0.1, -0.05) is 30.3 Å². The van der Waals surface area contributed by atoms with Gasteiger partial charge in [-0.15, -0.1) is 0 Å². The fourth-order valence-corrected chi connectivity index (χ4v) is 4.37. The van der Waals surface area contributed by atoms with E-state index in [2.05, 4.69) is 5.32 Å². The summed E-state index contributed by atoms with van der Waals surface area (Å²) in [6.07, 6.45) is 0. The van der Waals surface area contributed by atoms with E-state index < -0.39 is 10.0 Å². The predicted octanol–water partition coefficient (Wildman–Crippen LogP) is 1.46. The summed E-state index contributed by atoms with van der Waals surface area (Å²) in [4.78, 5) is 14.3. The van der Waals surface area contributed by atoms with Crippen molar-refractivity contribution in [3.63, 3.8) is 0 Å². The average Bonchev–Trinajstić information content (AvgIpc) is 2.74. The Morgan fingerprint density at radius 3 is 2.36 bits per heavy atom. The number of hydrogen-bond acceptors (Lipinski definition) is 5. The highest BCUT2D eigenvalue weighted by Crippen LogP contribution is 2.17. The zero-order valence-electron chi connectivity index (χ0n) is 15.9. The molecule has 1 aliphatic rings. The molecule has 1 fully saturated rings. The summed E-state index contributed by atoms with van der Waals surface area (Å²) in [7, 11) is -1.64. The number of sulfonamides is 1. The van der Waals surface area contributed by atoms with Crippen LogP contribution in [0, 0.1) is 0 Å². The maximum atomic E-state index is 12.6. The number of para-hydroxylation sites is 1. The third-order valence-electron chi connectivity index (χ3n) is 4.60. The van der Waals surface area contributed by atoms with Gasteiger partial charge in [0, 0.05) is 32.4 Å². The van der Waals surface area contributed by atoms with Crippen LogP contribution < -0.4 is 10.2 Å². The predicted molar refractivity (Wildman–Crippen MR) is 108 cm³/mol. The first kappa shape index (κ1) is 20.3. The Balaban J connectivity index is 1.53. The van der Waals surface area contributed by atoms with Crippen LogP contribution in [0.4, 0.5) is 5.69 Å². The monoisotopic (exact) mass is 403 g/mol. The van der Waals surface area contributed by atoms with Crippen LogP contribution in [0.2, 0.25) is 0 Å². The minimum atomic E-state index is -3.50. The lowest BCUT2D eigenvalue weighted by Crippen LogP contribution is -2.40. The first-order valence-corrected chi connectivity index (χ1v) is 10.6. The van der Waals surface area contributed by atoms with Gasteiger partial charge in [0.2, 0.25) is 15.9 Å². The standard InChI is InChI=1S/C20H25N3O4S/c1-22(18-5-3-2-4-6-18)16-20(24)21-15-17-7-9-19(10-8-17)28(25,26)23-11-13-27-14-12-23/h2-10H,11-16H2,1H3,(H,21,24).